The van der Waals surface area contributed by atoms with Crippen molar-refractivity contribution in [2.75, 3.05) is 6.54 Å². The smallest absolute Gasteiger partial charge is 0.335 e. The Morgan fingerprint density at radius 1 is 0.727 bits per heavy atom. The first-order valence-electron chi connectivity index (χ1n) is 10.5. The van der Waals surface area contributed by atoms with Crippen molar-refractivity contribution in [2.45, 2.75) is 25.4 Å². The summed E-state index contributed by atoms with van der Waals surface area (Å²) in [5.74, 6) is -2.19. The Balaban J connectivity index is 1.55. The molecule has 0 saturated carbocycles. The van der Waals surface area contributed by atoms with Crippen molar-refractivity contribution in [3.05, 3.63) is 107 Å². The molecule has 3 aromatic carbocycles. The van der Waals surface area contributed by atoms with Crippen LogP contribution in [0.3, 0.4) is 0 Å². The number of imide groups is 1. The molecule has 3 aromatic rings. The summed E-state index contributed by atoms with van der Waals surface area (Å²) >= 11 is 0. The summed E-state index contributed by atoms with van der Waals surface area (Å²) in [6, 6.07) is 24.9. The van der Waals surface area contributed by atoms with Crippen LogP contribution >= 0.6 is 0 Å². The number of carboxylic acid groups (broad SMARTS) is 1. The first-order chi connectivity index (χ1) is 16.0. The molecule has 0 saturated heterocycles. The van der Waals surface area contributed by atoms with Gasteiger partial charge in [-0.2, -0.15) is 0 Å². The molecule has 1 N–H and O–H groups in total. The number of rotatable bonds is 10. The van der Waals surface area contributed by atoms with Gasteiger partial charge in [0.05, 0.1) is 30.9 Å². The fourth-order valence-electron chi connectivity index (χ4n) is 3.70. The summed E-state index contributed by atoms with van der Waals surface area (Å²) in [5, 5.41) is 9.90. The number of carboxylic acids is 1. The van der Waals surface area contributed by atoms with E-state index in [1.54, 1.807) is 24.3 Å². The standard InChI is InChI=1S/C26H23NO6/c28-24-20-13-7-8-14-21(20)25(29)27(24)15-22(32-16-18-9-3-1-4-10-18)23(26(30)31)33-17-19-11-5-2-6-12-19/h1-14,22-23H,15-17H2,(H,30,31)/t22-,23-/m0/s1. The number of hydrogen-bond acceptors (Lipinski definition) is 5. The lowest BCUT2D eigenvalue weighted by Crippen LogP contribution is -2.47. The average Bonchev–Trinajstić information content (AvgIpc) is 3.08. The highest BCUT2D eigenvalue weighted by Gasteiger charge is 2.40. The molecule has 0 bridgehead atoms. The quantitative estimate of drug-likeness (QED) is 0.480. The van der Waals surface area contributed by atoms with Gasteiger partial charge in [0.1, 0.15) is 6.10 Å². The van der Waals surface area contributed by atoms with Gasteiger partial charge < -0.3 is 14.6 Å². The van der Waals surface area contributed by atoms with Crippen LogP contribution in [-0.2, 0) is 27.5 Å². The minimum atomic E-state index is -1.39. The second kappa shape index (κ2) is 10.2. The zero-order valence-electron chi connectivity index (χ0n) is 17.8. The van der Waals surface area contributed by atoms with Gasteiger partial charge in [0.15, 0.2) is 6.10 Å². The van der Waals surface area contributed by atoms with Crippen LogP contribution in [0.2, 0.25) is 0 Å². The molecule has 2 atom stereocenters. The number of fused-ring (bicyclic) bond motifs is 1. The Labute approximate surface area is 191 Å². The summed E-state index contributed by atoms with van der Waals surface area (Å²) in [5.41, 5.74) is 2.21. The van der Waals surface area contributed by atoms with Gasteiger partial charge in [-0.1, -0.05) is 72.8 Å². The first kappa shape index (κ1) is 22.4. The van der Waals surface area contributed by atoms with Crippen molar-refractivity contribution in [1.82, 2.24) is 4.90 Å². The van der Waals surface area contributed by atoms with E-state index in [1.807, 2.05) is 60.7 Å². The van der Waals surface area contributed by atoms with E-state index < -0.39 is 30.0 Å². The van der Waals surface area contributed by atoms with Gasteiger partial charge in [-0.15, -0.1) is 0 Å². The van der Waals surface area contributed by atoms with E-state index in [9.17, 15) is 19.5 Å². The number of aliphatic carboxylic acids is 1. The van der Waals surface area contributed by atoms with Crippen molar-refractivity contribution in [1.29, 1.82) is 0 Å². The molecule has 168 valence electrons. The molecule has 33 heavy (non-hydrogen) atoms. The molecule has 1 aliphatic rings. The highest BCUT2D eigenvalue weighted by molar-refractivity contribution is 6.21. The maximum Gasteiger partial charge on any atom is 0.335 e. The summed E-state index contributed by atoms with van der Waals surface area (Å²) in [4.78, 5) is 38.9. The predicted octanol–water partition coefficient (Wildman–Crippen LogP) is 3.54. The van der Waals surface area contributed by atoms with Gasteiger partial charge in [0.25, 0.3) is 11.8 Å². The van der Waals surface area contributed by atoms with E-state index in [-0.39, 0.29) is 19.8 Å². The van der Waals surface area contributed by atoms with Crippen LogP contribution in [0.1, 0.15) is 31.8 Å². The average molecular weight is 445 g/mol. The SMILES string of the molecule is O=C(O)[C@@H](OCc1ccccc1)[C@H](CN1C(=O)c2ccccc2C1=O)OCc1ccccc1. The van der Waals surface area contributed by atoms with E-state index in [0.29, 0.717) is 11.1 Å². The predicted molar refractivity (Wildman–Crippen MR) is 119 cm³/mol. The lowest BCUT2D eigenvalue weighted by atomic mass is 10.1. The highest BCUT2D eigenvalue weighted by atomic mass is 16.6. The highest BCUT2D eigenvalue weighted by Crippen LogP contribution is 2.24. The minimum Gasteiger partial charge on any atom is -0.479 e. The molecule has 4 rings (SSSR count). The molecule has 0 unspecified atom stereocenters. The Kier molecular flexibility index (Phi) is 6.92. The van der Waals surface area contributed by atoms with E-state index in [0.717, 1.165) is 16.0 Å². The summed E-state index contributed by atoms with van der Waals surface area (Å²) < 4.78 is 11.7. The second-order valence-electron chi connectivity index (χ2n) is 7.66. The zero-order chi connectivity index (χ0) is 23.2. The van der Waals surface area contributed by atoms with Gasteiger partial charge in [-0.05, 0) is 23.3 Å². The number of amides is 2. The number of carbonyl (C=O) groups excluding carboxylic acids is 2. The summed E-state index contributed by atoms with van der Waals surface area (Å²) in [6.45, 7) is -0.0940. The largest absolute Gasteiger partial charge is 0.479 e. The monoisotopic (exact) mass is 445 g/mol. The van der Waals surface area contributed by atoms with E-state index >= 15 is 0 Å². The maximum absolute atomic E-state index is 12.8. The van der Waals surface area contributed by atoms with Crippen LogP contribution in [0, 0.1) is 0 Å². The van der Waals surface area contributed by atoms with Crippen molar-refractivity contribution < 1.29 is 29.0 Å². The van der Waals surface area contributed by atoms with Crippen LogP contribution in [0.25, 0.3) is 0 Å². The topological polar surface area (TPSA) is 93.1 Å². The number of benzene rings is 3. The lowest BCUT2D eigenvalue weighted by molar-refractivity contribution is -0.165. The summed E-state index contributed by atoms with van der Waals surface area (Å²) in [7, 11) is 0. The molecule has 0 aliphatic carbocycles. The third-order valence-electron chi connectivity index (χ3n) is 5.40. The van der Waals surface area contributed by atoms with Crippen molar-refractivity contribution in [3.63, 3.8) is 0 Å². The first-order valence-corrected chi connectivity index (χ1v) is 10.5. The Bertz CT molecular complexity index is 1100. The lowest BCUT2D eigenvalue weighted by Gasteiger charge is -2.28. The molecule has 7 heteroatoms. The van der Waals surface area contributed by atoms with Gasteiger partial charge in [-0.3, -0.25) is 14.5 Å². The van der Waals surface area contributed by atoms with Crippen LogP contribution in [0.15, 0.2) is 84.9 Å². The van der Waals surface area contributed by atoms with Crippen molar-refractivity contribution in [3.8, 4) is 0 Å². The number of hydrogen-bond donors (Lipinski definition) is 1. The molecular formula is C26H23NO6. The fraction of sp³-hybridized carbons (Fsp3) is 0.192. The number of nitrogens with zero attached hydrogens (tertiary/aromatic N) is 1. The normalized spacial score (nSPS) is 14.7. The maximum atomic E-state index is 12.8. The van der Waals surface area contributed by atoms with E-state index in [1.165, 1.54) is 0 Å². The molecule has 7 nitrogen and oxygen atoms in total. The Morgan fingerprint density at radius 3 is 1.67 bits per heavy atom. The van der Waals surface area contributed by atoms with Crippen LogP contribution in [0.4, 0.5) is 0 Å². The van der Waals surface area contributed by atoms with Gasteiger partial charge >= 0.3 is 5.97 Å². The number of carbonyl (C=O) groups is 3. The Hall–Kier alpha value is -3.81. The molecular weight excluding hydrogens is 422 g/mol. The fourth-order valence-corrected chi connectivity index (χ4v) is 3.70. The molecule has 0 spiro atoms. The second-order valence-corrected chi connectivity index (χ2v) is 7.66. The third kappa shape index (κ3) is 5.16. The Morgan fingerprint density at radius 2 is 1.18 bits per heavy atom. The third-order valence-corrected chi connectivity index (χ3v) is 5.40. The van der Waals surface area contributed by atoms with Crippen LogP contribution in [0.5, 0.6) is 0 Å². The van der Waals surface area contributed by atoms with Gasteiger partial charge in [0.2, 0.25) is 0 Å². The number of ether oxygens (including phenoxy) is 2. The molecule has 1 heterocycles. The van der Waals surface area contributed by atoms with Gasteiger partial charge in [0, 0.05) is 0 Å². The van der Waals surface area contributed by atoms with Gasteiger partial charge in [-0.25, -0.2) is 4.79 Å². The summed E-state index contributed by atoms with van der Waals surface area (Å²) in [6.07, 6.45) is -2.47. The van der Waals surface area contributed by atoms with E-state index in [4.69, 9.17) is 9.47 Å². The van der Waals surface area contributed by atoms with Crippen molar-refractivity contribution in [2.24, 2.45) is 0 Å². The van der Waals surface area contributed by atoms with Crippen LogP contribution in [-0.4, -0.2) is 46.5 Å². The minimum absolute atomic E-state index is 0.0467. The molecule has 0 radical (unpaired) electrons. The molecule has 0 aromatic heterocycles. The van der Waals surface area contributed by atoms with E-state index in [2.05, 4.69) is 0 Å². The van der Waals surface area contributed by atoms with Crippen molar-refractivity contribution >= 4 is 17.8 Å². The molecule has 1 aliphatic heterocycles. The van der Waals surface area contributed by atoms with Crippen LogP contribution < -0.4 is 0 Å². The zero-order valence-corrected chi connectivity index (χ0v) is 17.8. The molecule has 2 amide bonds. The molecule has 0 fully saturated rings.